The summed E-state index contributed by atoms with van der Waals surface area (Å²) >= 11 is 0. The quantitative estimate of drug-likeness (QED) is 0.473. The van der Waals surface area contributed by atoms with Crippen molar-refractivity contribution in [1.29, 1.82) is 0 Å². The molecule has 2 heterocycles. The normalized spacial score (nSPS) is 23.1. The Labute approximate surface area is 53.3 Å². The minimum atomic E-state index is 0.854. The molecule has 3 heteroatoms. The fourth-order valence-electron chi connectivity index (χ4n) is 0.978. The summed E-state index contributed by atoms with van der Waals surface area (Å²) in [7, 11) is 0. The highest BCUT2D eigenvalue weighted by molar-refractivity contribution is 5.27. The van der Waals surface area contributed by atoms with E-state index in [0.717, 1.165) is 18.8 Å². The first-order chi connectivity index (χ1) is 4.47. The maximum absolute atomic E-state index is 5.06. The number of hydrogen-bond acceptors (Lipinski definition) is 3. The third-order valence-corrected chi connectivity index (χ3v) is 1.48. The van der Waals surface area contributed by atoms with Gasteiger partial charge >= 0.3 is 0 Å². The van der Waals surface area contributed by atoms with Crippen LogP contribution in [0.5, 0.6) is 0 Å². The van der Waals surface area contributed by atoms with Gasteiger partial charge in [-0.25, -0.2) is 0 Å². The van der Waals surface area contributed by atoms with Gasteiger partial charge in [0.05, 0.1) is 6.54 Å². The minimum Gasteiger partial charge on any atom is -0.408 e. The molecule has 2 aliphatic heterocycles. The van der Waals surface area contributed by atoms with E-state index in [1.165, 1.54) is 5.57 Å². The molecule has 0 saturated carbocycles. The van der Waals surface area contributed by atoms with E-state index >= 15 is 0 Å². The topological polar surface area (TPSA) is 33.3 Å². The molecule has 0 amide bonds. The van der Waals surface area contributed by atoms with Crippen LogP contribution in [-0.4, -0.2) is 13.1 Å². The molecule has 0 unspecified atom stereocenters. The second-order valence-electron chi connectivity index (χ2n) is 2.11. The smallest absolute Gasteiger partial charge is 0.150 e. The predicted molar refractivity (Wildman–Crippen MR) is 33.3 cm³/mol. The van der Waals surface area contributed by atoms with E-state index in [4.69, 9.17) is 4.84 Å². The fourth-order valence-corrected chi connectivity index (χ4v) is 0.978. The predicted octanol–water partition coefficient (Wildman–Crippen LogP) is -0.108. The summed E-state index contributed by atoms with van der Waals surface area (Å²) in [6, 6.07) is 0. The van der Waals surface area contributed by atoms with Gasteiger partial charge < -0.3 is 10.2 Å². The molecule has 0 aliphatic carbocycles. The van der Waals surface area contributed by atoms with Crippen LogP contribution in [0.15, 0.2) is 23.6 Å². The summed E-state index contributed by atoms with van der Waals surface area (Å²) in [4.78, 5) is 5.06. The molecule has 0 aromatic rings. The van der Waals surface area contributed by atoms with Gasteiger partial charge in [-0.05, 0) is 6.08 Å². The van der Waals surface area contributed by atoms with Crippen LogP contribution >= 0.6 is 0 Å². The Hall–Kier alpha value is -0.960. The van der Waals surface area contributed by atoms with Crippen LogP contribution in [0, 0.1) is 0 Å². The maximum Gasteiger partial charge on any atom is 0.150 e. The molecule has 0 bridgehead atoms. The van der Waals surface area contributed by atoms with Crippen LogP contribution in [0.2, 0.25) is 0 Å². The van der Waals surface area contributed by atoms with E-state index in [2.05, 4.69) is 10.8 Å². The van der Waals surface area contributed by atoms with Crippen LogP contribution in [0.25, 0.3) is 0 Å². The van der Waals surface area contributed by atoms with Crippen LogP contribution < -0.4 is 10.8 Å². The molecule has 0 atom stereocenters. The van der Waals surface area contributed by atoms with E-state index in [1.54, 1.807) is 0 Å². The van der Waals surface area contributed by atoms with Gasteiger partial charge in [-0.1, -0.05) is 0 Å². The second kappa shape index (κ2) is 1.77. The summed E-state index contributed by atoms with van der Waals surface area (Å²) in [6.07, 6.45) is 3.82. The van der Waals surface area contributed by atoms with E-state index in [1.807, 2.05) is 12.3 Å². The lowest BCUT2D eigenvalue weighted by atomic mass is 10.2. The zero-order valence-corrected chi connectivity index (χ0v) is 4.98. The molecule has 2 aliphatic rings. The van der Waals surface area contributed by atoms with Crippen molar-refractivity contribution < 1.29 is 4.84 Å². The van der Waals surface area contributed by atoms with Crippen LogP contribution in [0.3, 0.4) is 0 Å². The molecule has 2 rings (SSSR count). The first-order valence-electron chi connectivity index (χ1n) is 2.98. The number of hydrogen-bond donors (Lipinski definition) is 2. The van der Waals surface area contributed by atoms with Crippen molar-refractivity contribution in [3.8, 4) is 0 Å². The summed E-state index contributed by atoms with van der Waals surface area (Å²) in [6.45, 7) is 1.77. The zero-order valence-electron chi connectivity index (χ0n) is 4.98. The van der Waals surface area contributed by atoms with E-state index in [0.29, 0.717) is 0 Å². The standard InChI is InChI=1S/C6H8N2O/c1-2-7-3-5-4-8-9-6(1)5/h1-2,7-8H,3-4H2. The molecule has 9 heavy (non-hydrogen) atoms. The Morgan fingerprint density at radius 2 is 2.44 bits per heavy atom. The minimum absolute atomic E-state index is 0.854. The molecular weight excluding hydrogens is 116 g/mol. The lowest BCUT2D eigenvalue weighted by molar-refractivity contribution is 0.148. The molecule has 0 fully saturated rings. The Morgan fingerprint density at radius 1 is 1.44 bits per heavy atom. The number of hydroxylamine groups is 1. The summed E-state index contributed by atoms with van der Waals surface area (Å²) in [5, 5.41) is 3.10. The highest BCUT2D eigenvalue weighted by Gasteiger charge is 2.14. The van der Waals surface area contributed by atoms with Crippen molar-refractivity contribution in [2.24, 2.45) is 0 Å². The van der Waals surface area contributed by atoms with Gasteiger partial charge in [0.15, 0.2) is 5.76 Å². The molecule has 0 aromatic carbocycles. The summed E-state index contributed by atoms with van der Waals surface area (Å²) in [5.41, 5.74) is 4.10. The van der Waals surface area contributed by atoms with Gasteiger partial charge in [-0.15, -0.1) is 0 Å². The van der Waals surface area contributed by atoms with Crippen LogP contribution in [-0.2, 0) is 4.84 Å². The maximum atomic E-state index is 5.06. The van der Waals surface area contributed by atoms with Gasteiger partial charge in [-0.3, -0.25) is 0 Å². The second-order valence-corrected chi connectivity index (χ2v) is 2.11. The van der Waals surface area contributed by atoms with E-state index < -0.39 is 0 Å². The number of dihydropyridines is 1. The van der Waals surface area contributed by atoms with E-state index in [-0.39, 0.29) is 0 Å². The SMILES string of the molecule is C1=CC2=C(CN1)CNO2. The lowest BCUT2D eigenvalue weighted by Gasteiger charge is -2.05. The third kappa shape index (κ3) is 0.695. The third-order valence-electron chi connectivity index (χ3n) is 1.48. The molecule has 0 aromatic heterocycles. The Bertz CT molecular complexity index is 183. The highest BCUT2D eigenvalue weighted by atomic mass is 16.7. The highest BCUT2D eigenvalue weighted by Crippen LogP contribution is 2.13. The lowest BCUT2D eigenvalue weighted by Crippen LogP contribution is -2.16. The fraction of sp³-hybridized carbons (Fsp3) is 0.333. The van der Waals surface area contributed by atoms with Crippen molar-refractivity contribution in [3.63, 3.8) is 0 Å². The van der Waals surface area contributed by atoms with Crippen LogP contribution in [0.4, 0.5) is 0 Å². The van der Waals surface area contributed by atoms with Crippen molar-refractivity contribution >= 4 is 0 Å². The van der Waals surface area contributed by atoms with Crippen LogP contribution in [0.1, 0.15) is 0 Å². The molecule has 0 spiro atoms. The molecule has 3 nitrogen and oxygen atoms in total. The van der Waals surface area contributed by atoms with Crippen molar-refractivity contribution in [1.82, 2.24) is 10.8 Å². The number of rotatable bonds is 0. The number of allylic oxidation sites excluding steroid dienone is 1. The first kappa shape index (κ1) is 4.88. The Kier molecular flexibility index (Phi) is 0.960. The van der Waals surface area contributed by atoms with Crippen molar-refractivity contribution in [3.05, 3.63) is 23.6 Å². The zero-order chi connectivity index (χ0) is 6.10. The Balaban J connectivity index is 2.28. The van der Waals surface area contributed by atoms with E-state index in [9.17, 15) is 0 Å². The average molecular weight is 124 g/mol. The van der Waals surface area contributed by atoms with Gasteiger partial charge in [0.2, 0.25) is 0 Å². The largest absolute Gasteiger partial charge is 0.408 e. The molecule has 48 valence electrons. The van der Waals surface area contributed by atoms with Gasteiger partial charge in [0, 0.05) is 18.3 Å². The number of nitrogens with one attached hydrogen (secondary N) is 2. The molecule has 0 radical (unpaired) electrons. The van der Waals surface area contributed by atoms with Crippen molar-refractivity contribution in [2.75, 3.05) is 13.1 Å². The Morgan fingerprint density at radius 3 is 3.33 bits per heavy atom. The summed E-state index contributed by atoms with van der Waals surface area (Å²) in [5.74, 6) is 0.980. The monoisotopic (exact) mass is 124 g/mol. The first-order valence-corrected chi connectivity index (χ1v) is 2.98. The molecule has 0 saturated heterocycles. The van der Waals surface area contributed by atoms with Gasteiger partial charge in [-0.2, -0.15) is 5.48 Å². The molecular formula is C6H8N2O. The van der Waals surface area contributed by atoms with Crippen molar-refractivity contribution in [2.45, 2.75) is 0 Å². The van der Waals surface area contributed by atoms with Gasteiger partial charge in [0.1, 0.15) is 0 Å². The average Bonchev–Trinajstić information content (AvgIpc) is 2.33. The van der Waals surface area contributed by atoms with Gasteiger partial charge in [0.25, 0.3) is 0 Å². The molecule has 2 N–H and O–H groups in total. The summed E-state index contributed by atoms with van der Waals surface area (Å²) < 4.78 is 0.